The molecule has 2 aromatic heterocycles. The number of carbonyl (C=O) groups excluding carboxylic acids is 1. The fraction of sp³-hybridized carbons (Fsp3) is 0.273. The minimum atomic E-state index is -3.61. The number of fused-ring (bicyclic) bond motifs is 1. The third kappa shape index (κ3) is 2.56. The van der Waals surface area contributed by atoms with Crippen molar-refractivity contribution in [2.45, 2.75) is 17.1 Å². The monoisotopic (exact) mass is 329 g/mol. The highest BCUT2D eigenvalue weighted by Gasteiger charge is 2.23. The Bertz CT molecular complexity index is 734. The Morgan fingerprint density at radius 3 is 3.00 bits per heavy atom. The van der Waals surface area contributed by atoms with Gasteiger partial charge in [0.2, 0.25) is 0 Å². The first-order chi connectivity index (χ1) is 9.56. The highest BCUT2D eigenvalue weighted by Crippen LogP contribution is 2.28. The molecule has 0 aromatic carbocycles. The molecule has 6 nitrogen and oxygen atoms in total. The summed E-state index contributed by atoms with van der Waals surface area (Å²) < 4.78 is 26.8. The van der Waals surface area contributed by atoms with Gasteiger partial charge in [0.1, 0.15) is 9.09 Å². The molecular weight excluding hydrogens is 318 g/mol. The number of nitrogens with zero attached hydrogens (tertiary/aromatic N) is 1. The fourth-order valence-electron chi connectivity index (χ4n) is 1.86. The number of aryl methyl sites for hydroxylation is 1. The maximum Gasteiger partial charge on any atom is 0.273 e. The number of thiazole rings is 1. The van der Waals surface area contributed by atoms with E-state index in [9.17, 15) is 13.2 Å². The van der Waals surface area contributed by atoms with Crippen LogP contribution in [0.2, 0.25) is 0 Å². The fourth-order valence-corrected chi connectivity index (χ4v) is 5.02. The van der Waals surface area contributed by atoms with Gasteiger partial charge in [-0.05, 0) is 24.3 Å². The van der Waals surface area contributed by atoms with E-state index in [1.54, 1.807) is 11.4 Å². The average Bonchev–Trinajstić information content (AvgIpc) is 3.01. The first-order valence-corrected chi connectivity index (χ1v) is 9.08. The molecule has 0 saturated heterocycles. The van der Waals surface area contributed by atoms with Gasteiger partial charge in [0.05, 0.1) is 5.69 Å². The number of hydrogen-bond acceptors (Lipinski definition) is 6. The summed E-state index contributed by atoms with van der Waals surface area (Å²) in [6.45, 7) is 0.623. The van der Waals surface area contributed by atoms with E-state index in [4.69, 9.17) is 0 Å². The van der Waals surface area contributed by atoms with Crippen LogP contribution in [0, 0.1) is 0 Å². The number of anilines is 1. The third-order valence-corrected chi connectivity index (χ3v) is 6.64. The zero-order valence-corrected chi connectivity index (χ0v) is 12.7. The SMILES string of the molecule is O=C1NCCCc2nc(NS(=O)(=O)c3cccs3)sc21. The van der Waals surface area contributed by atoms with Gasteiger partial charge in [-0.2, -0.15) is 0 Å². The summed E-state index contributed by atoms with van der Waals surface area (Å²) in [5, 5.41) is 4.69. The molecule has 20 heavy (non-hydrogen) atoms. The topological polar surface area (TPSA) is 88.2 Å². The maximum absolute atomic E-state index is 12.1. The first-order valence-electron chi connectivity index (χ1n) is 5.90. The lowest BCUT2D eigenvalue weighted by Crippen LogP contribution is -2.21. The molecule has 0 aliphatic carbocycles. The van der Waals surface area contributed by atoms with Gasteiger partial charge >= 0.3 is 0 Å². The minimum Gasteiger partial charge on any atom is -0.351 e. The number of aromatic nitrogens is 1. The highest BCUT2D eigenvalue weighted by molar-refractivity contribution is 7.94. The van der Waals surface area contributed by atoms with Crippen molar-refractivity contribution in [1.82, 2.24) is 10.3 Å². The molecule has 2 N–H and O–H groups in total. The number of sulfonamides is 1. The number of hydrogen-bond donors (Lipinski definition) is 2. The van der Waals surface area contributed by atoms with E-state index >= 15 is 0 Å². The van der Waals surface area contributed by atoms with Crippen molar-refractivity contribution in [3.63, 3.8) is 0 Å². The van der Waals surface area contributed by atoms with Gasteiger partial charge in [-0.25, -0.2) is 13.4 Å². The van der Waals surface area contributed by atoms with Crippen LogP contribution < -0.4 is 10.0 Å². The second kappa shape index (κ2) is 5.15. The van der Waals surface area contributed by atoms with E-state index in [0.29, 0.717) is 23.5 Å². The van der Waals surface area contributed by atoms with Crippen LogP contribution in [0.1, 0.15) is 21.8 Å². The van der Waals surface area contributed by atoms with Gasteiger partial charge in [0.15, 0.2) is 5.13 Å². The van der Waals surface area contributed by atoms with Gasteiger partial charge in [-0.1, -0.05) is 17.4 Å². The largest absolute Gasteiger partial charge is 0.351 e. The number of amides is 1. The van der Waals surface area contributed by atoms with Gasteiger partial charge < -0.3 is 5.32 Å². The molecular formula is C11H11N3O3S3. The molecule has 0 saturated carbocycles. The molecule has 0 radical (unpaired) electrons. The Hall–Kier alpha value is -1.45. The van der Waals surface area contributed by atoms with Crippen LogP contribution in [0.15, 0.2) is 21.7 Å². The molecule has 2 aromatic rings. The van der Waals surface area contributed by atoms with E-state index in [1.807, 2.05) is 0 Å². The summed E-state index contributed by atoms with van der Waals surface area (Å²) in [7, 11) is -3.61. The summed E-state index contributed by atoms with van der Waals surface area (Å²) in [5.41, 5.74) is 0.661. The number of nitrogens with one attached hydrogen (secondary N) is 2. The van der Waals surface area contributed by atoms with Crippen molar-refractivity contribution in [3.05, 3.63) is 28.1 Å². The van der Waals surface area contributed by atoms with E-state index in [0.717, 1.165) is 29.1 Å². The molecule has 106 valence electrons. The van der Waals surface area contributed by atoms with Crippen molar-refractivity contribution >= 4 is 43.7 Å². The van der Waals surface area contributed by atoms with Crippen LogP contribution in [0.3, 0.4) is 0 Å². The molecule has 3 heterocycles. The summed E-state index contributed by atoms with van der Waals surface area (Å²) in [6.07, 6.45) is 1.48. The van der Waals surface area contributed by atoms with E-state index in [-0.39, 0.29) is 15.2 Å². The minimum absolute atomic E-state index is 0.184. The van der Waals surface area contributed by atoms with Crippen molar-refractivity contribution in [1.29, 1.82) is 0 Å². The smallest absolute Gasteiger partial charge is 0.273 e. The summed E-state index contributed by atoms with van der Waals surface area (Å²) >= 11 is 2.21. The first kappa shape index (κ1) is 13.5. The standard InChI is InChI=1S/C11H11N3O3S3/c15-10-9-7(3-1-5-12-10)13-11(19-9)14-20(16,17)8-4-2-6-18-8/h2,4,6H,1,3,5H2,(H,12,15)(H,13,14). The Kier molecular flexibility index (Phi) is 3.48. The van der Waals surface area contributed by atoms with Gasteiger partial charge in [0, 0.05) is 6.54 Å². The van der Waals surface area contributed by atoms with Crippen LogP contribution in [0.4, 0.5) is 5.13 Å². The highest BCUT2D eigenvalue weighted by atomic mass is 32.2. The lowest BCUT2D eigenvalue weighted by atomic mass is 10.2. The van der Waals surface area contributed by atoms with E-state index in [2.05, 4.69) is 15.0 Å². The lowest BCUT2D eigenvalue weighted by molar-refractivity contribution is 0.0960. The Labute approximate surface area is 123 Å². The van der Waals surface area contributed by atoms with Crippen LogP contribution in [-0.2, 0) is 16.4 Å². The molecule has 0 spiro atoms. The Balaban J connectivity index is 1.90. The second-order valence-corrected chi connectivity index (χ2v) is 8.05. The van der Waals surface area contributed by atoms with E-state index < -0.39 is 10.0 Å². The summed E-state index contributed by atoms with van der Waals surface area (Å²) in [5.74, 6) is -0.184. The van der Waals surface area contributed by atoms with E-state index in [1.165, 1.54) is 6.07 Å². The maximum atomic E-state index is 12.1. The molecule has 0 fully saturated rings. The molecule has 9 heteroatoms. The van der Waals surface area contributed by atoms with Crippen LogP contribution in [-0.4, -0.2) is 25.9 Å². The molecule has 0 bridgehead atoms. The zero-order valence-electron chi connectivity index (χ0n) is 10.3. The number of rotatable bonds is 3. The normalized spacial score (nSPS) is 15.3. The zero-order chi connectivity index (χ0) is 14.2. The van der Waals surface area contributed by atoms with Crippen molar-refractivity contribution in [3.8, 4) is 0 Å². The van der Waals surface area contributed by atoms with Gasteiger partial charge in [-0.15, -0.1) is 11.3 Å². The van der Waals surface area contributed by atoms with Crippen LogP contribution >= 0.6 is 22.7 Å². The predicted molar refractivity (Wildman–Crippen MR) is 77.9 cm³/mol. The quantitative estimate of drug-likeness (QED) is 0.897. The Morgan fingerprint density at radius 2 is 2.25 bits per heavy atom. The van der Waals surface area contributed by atoms with Gasteiger partial charge in [0.25, 0.3) is 15.9 Å². The third-order valence-electron chi connectivity index (χ3n) is 2.76. The Morgan fingerprint density at radius 1 is 1.40 bits per heavy atom. The molecule has 0 unspecified atom stereocenters. The lowest BCUT2D eigenvalue weighted by Gasteiger charge is -2.02. The summed E-state index contributed by atoms with van der Waals surface area (Å²) in [4.78, 5) is 16.5. The number of carbonyl (C=O) groups is 1. The average molecular weight is 329 g/mol. The molecule has 3 rings (SSSR count). The van der Waals surface area contributed by atoms with Crippen molar-refractivity contribution in [2.24, 2.45) is 0 Å². The number of thiophene rings is 1. The summed E-state index contributed by atoms with van der Waals surface area (Å²) in [6, 6.07) is 3.20. The molecule has 1 aliphatic rings. The van der Waals surface area contributed by atoms with Crippen molar-refractivity contribution < 1.29 is 13.2 Å². The predicted octanol–water partition coefficient (Wildman–Crippen LogP) is 1.68. The van der Waals surface area contributed by atoms with Crippen LogP contribution in [0.5, 0.6) is 0 Å². The van der Waals surface area contributed by atoms with Gasteiger partial charge in [-0.3, -0.25) is 9.52 Å². The second-order valence-electron chi connectivity index (χ2n) is 4.19. The molecule has 1 amide bonds. The van der Waals surface area contributed by atoms with Crippen molar-refractivity contribution in [2.75, 3.05) is 11.3 Å². The molecule has 0 atom stereocenters. The van der Waals surface area contributed by atoms with Crippen LogP contribution in [0.25, 0.3) is 0 Å². The molecule has 1 aliphatic heterocycles.